The average molecular weight is 213 g/mol. The van der Waals surface area contributed by atoms with Gasteiger partial charge in [0.15, 0.2) is 11.1 Å². The van der Waals surface area contributed by atoms with Crippen molar-refractivity contribution in [2.24, 2.45) is 0 Å². The second-order valence-electron chi connectivity index (χ2n) is 1.90. The normalized spacial score (nSPS) is 11.8. The Kier molecular flexibility index (Phi) is 5.47. The molecule has 0 spiro atoms. The van der Waals surface area contributed by atoms with E-state index in [1.165, 1.54) is 18.2 Å². The third kappa shape index (κ3) is 3.08. The third-order valence-corrected chi connectivity index (χ3v) is 2.18. The van der Waals surface area contributed by atoms with E-state index < -0.39 is 11.1 Å². The Morgan fingerprint density at radius 2 is 2.00 bits per heavy atom. The standard InChI is InChI=1S/C6H6O3S2.Na/c7-5-3-4(11(8)9)1-2-6(5)10;/h1-3,7,10H,(H,8,9);/q;+1. The van der Waals surface area contributed by atoms with E-state index in [1.54, 1.807) is 0 Å². The van der Waals surface area contributed by atoms with E-state index >= 15 is 0 Å². The van der Waals surface area contributed by atoms with Crippen molar-refractivity contribution in [1.82, 2.24) is 0 Å². The van der Waals surface area contributed by atoms with Crippen LogP contribution in [0.2, 0.25) is 0 Å². The van der Waals surface area contributed by atoms with Crippen molar-refractivity contribution in [3.05, 3.63) is 18.2 Å². The summed E-state index contributed by atoms with van der Waals surface area (Å²) in [5, 5.41) is 9.03. The van der Waals surface area contributed by atoms with Crippen molar-refractivity contribution in [1.29, 1.82) is 0 Å². The molecule has 1 rings (SSSR count). The average Bonchev–Trinajstić information content (AvgIpc) is 1.94. The maximum atomic E-state index is 10.4. The number of hydrogen-bond acceptors (Lipinski definition) is 3. The molecule has 0 amide bonds. The molecule has 1 atom stereocenters. The molecule has 0 saturated heterocycles. The van der Waals surface area contributed by atoms with Crippen LogP contribution in [0.1, 0.15) is 0 Å². The monoisotopic (exact) mass is 213 g/mol. The molecule has 1 aromatic rings. The van der Waals surface area contributed by atoms with Gasteiger partial charge < -0.3 is 9.66 Å². The Morgan fingerprint density at radius 1 is 1.42 bits per heavy atom. The molecule has 0 heterocycles. The van der Waals surface area contributed by atoms with Gasteiger partial charge in [-0.15, -0.1) is 12.6 Å². The predicted octanol–water partition coefficient (Wildman–Crippen LogP) is -1.73. The van der Waals surface area contributed by atoms with Gasteiger partial charge in [0.25, 0.3) is 0 Å². The number of phenols is 1. The van der Waals surface area contributed by atoms with Crippen LogP contribution in [0.3, 0.4) is 0 Å². The number of benzene rings is 1. The first kappa shape index (κ1) is 12.5. The van der Waals surface area contributed by atoms with Gasteiger partial charge in [-0.2, -0.15) is 0 Å². The van der Waals surface area contributed by atoms with Gasteiger partial charge in [-0.25, -0.2) is 4.21 Å². The summed E-state index contributed by atoms with van der Waals surface area (Å²) in [7, 11) is 0. The van der Waals surface area contributed by atoms with Gasteiger partial charge in [0, 0.05) is 4.90 Å². The largest absolute Gasteiger partial charge is 1.00 e. The second-order valence-corrected chi connectivity index (χ2v) is 3.35. The molecule has 0 radical (unpaired) electrons. The maximum absolute atomic E-state index is 10.4. The van der Waals surface area contributed by atoms with Gasteiger partial charge in [-0.3, -0.25) is 0 Å². The second kappa shape index (κ2) is 5.26. The Morgan fingerprint density at radius 3 is 2.42 bits per heavy atom. The van der Waals surface area contributed by atoms with Gasteiger partial charge in [0.05, 0.1) is 4.90 Å². The van der Waals surface area contributed by atoms with E-state index in [4.69, 9.17) is 9.66 Å². The molecule has 0 aliphatic heterocycles. The Labute approximate surface area is 100 Å². The van der Waals surface area contributed by atoms with E-state index in [1.807, 2.05) is 0 Å². The molecule has 0 saturated carbocycles. The summed E-state index contributed by atoms with van der Waals surface area (Å²) in [4.78, 5) is 0.555. The Balaban J connectivity index is 0.00000121. The number of hydrogen-bond donors (Lipinski definition) is 3. The molecule has 0 aromatic heterocycles. The molecule has 1 aromatic carbocycles. The molecule has 1 unspecified atom stereocenters. The number of thiol groups is 1. The van der Waals surface area contributed by atoms with Crippen molar-refractivity contribution in [2.45, 2.75) is 9.79 Å². The van der Waals surface area contributed by atoms with Gasteiger partial charge in [0.2, 0.25) is 0 Å². The Hall–Kier alpha value is 0.480. The zero-order valence-corrected chi connectivity index (χ0v) is 10.1. The zero-order chi connectivity index (χ0) is 8.43. The van der Waals surface area contributed by atoms with Crippen LogP contribution >= 0.6 is 12.6 Å². The summed E-state index contributed by atoms with van der Waals surface area (Å²) >= 11 is 1.84. The minimum Gasteiger partial charge on any atom is -0.507 e. The molecule has 6 heteroatoms. The van der Waals surface area contributed by atoms with Crippen LogP contribution in [0.4, 0.5) is 0 Å². The molecule has 0 fully saturated rings. The number of phenolic OH excluding ortho intramolecular Hbond substituents is 1. The molecule has 2 N–H and O–H groups in total. The van der Waals surface area contributed by atoms with E-state index in [-0.39, 0.29) is 40.2 Å². The van der Waals surface area contributed by atoms with E-state index in [0.717, 1.165) is 0 Å². The summed E-state index contributed by atoms with van der Waals surface area (Å²) < 4.78 is 19.0. The van der Waals surface area contributed by atoms with Crippen molar-refractivity contribution in [3.63, 3.8) is 0 Å². The molecule has 0 bridgehead atoms. The van der Waals surface area contributed by atoms with Crippen molar-refractivity contribution < 1.29 is 43.4 Å². The van der Waals surface area contributed by atoms with Gasteiger partial charge >= 0.3 is 29.6 Å². The third-order valence-electron chi connectivity index (χ3n) is 1.15. The smallest absolute Gasteiger partial charge is 0.507 e. The fourth-order valence-electron chi connectivity index (χ4n) is 0.612. The van der Waals surface area contributed by atoms with Crippen molar-refractivity contribution in [3.8, 4) is 5.75 Å². The summed E-state index contributed by atoms with van der Waals surface area (Å²) in [5.74, 6) is -0.0896. The van der Waals surface area contributed by atoms with Crippen LogP contribution in [0.5, 0.6) is 5.75 Å². The fourth-order valence-corrected chi connectivity index (χ4v) is 1.15. The van der Waals surface area contributed by atoms with E-state index in [9.17, 15) is 4.21 Å². The number of aromatic hydroxyl groups is 1. The molecular formula is C6H6NaO3S2+. The van der Waals surface area contributed by atoms with E-state index in [2.05, 4.69) is 12.6 Å². The predicted molar refractivity (Wildman–Crippen MR) is 44.4 cm³/mol. The first-order valence-corrected chi connectivity index (χ1v) is 4.29. The van der Waals surface area contributed by atoms with Crippen LogP contribution in [0, 0.1) is 0 Å². The molecule has 0 aliphatic rings. The first-order valence-electron chi connectivity index (χ1n) is 2.74. The Bertz CT molecular complexity index is 303. The molecular weight excluding hydrogens is 207 g/mol. The van der Waals surface area contributed by atoms with Crippen LogP contribution in [-0.2, 0) is 11.1 Å². The zero-order valence-electron chi connectivity index (χ0n) is 6.39. The van der Waals surface area contributed by atoms with Gasteiger partial charge in [-0.1, -0.05) is 0 Å². The van der Waals surface area contributed by atoms with Gasteiger partial charge in [-0.05, 0) is 18.2 Å². The summed E-state index contributed by atoms with van der Waals surface area (Å²) in [5.41, 5.74) is 0. The SMILES string of the molecule is O=S(O)c1ccc(S)c(O)c1.[Na+]. The fraction of sp³-hybridized carbons (Fsp3) is 0. The first-order chi connectivity index (χ1) is 5.11. The van der Waals surface area contributed by atoms with Crippen LogP contribution < -0.4 is 29.6 Å². The topological polar surface area (TPSA) is 57.5 Å². The minimum atomic E-state index is -2.04. The number of rotatable bonds is 1. The quantitative estimate of drug-likeness (QED) is 0.295. The molecule has 3 nitrogen and oxygen atoms in total. The molecule has 60 valence electrons. The summed E-state index contributed by atoms with van der Waals surface area (Å²) in [6.45, 7) is 0. The van der Waals surface area contributed by atoms with Crippen LogP contribution in [0.15, 0.2) is 28.0 Å². The molecule has 12 heavy (non-hydrogen) atoms. The van der Waals surface area contributed by atoms with Crippen LogP contribution in [-0.4, -0.2) is 13.9 Å². The van der Waals surface area contributed by atoms with Gasteiger partial charge in [0.1, 0.15) is 5.75 Å². The van der Waals surface area contributed by atoms with E-state index in [0.29, 0.717) is 4.90 Å². The van der Waals surface area contributed by atoms with Crippen molar-refractivity contribution >= 4 is 23.7 Å². The van der Waals surface area contributed by atoms with Crippen molar-refractivity contribution in [2.75, 3.05) is 0 Å². The molecule has 0 aliphatic carbocycles. The summed E-state index contributed by atoms with van der Waals surface area (Å²) in [6, 6.07) is 4.10. The summed E-state index contributed by atoms with van der Waals surface area (Å²) in [6.07, 6.45) is 0. The minimum absolute atomic E-state index is 0. The van der Waals surface area contributed by atoms with Crippen LogP contribution in [0.25, 0.3) is 0 Å². The maximum Gasteiger partial charge on any atom is 1.00 e.